The number of nitro groups is 1. The van der Waals surface area contributed by atoms with Crippen molar-refractivity contribution in [3.63, 3.8) is 0 Å². The van der Waals surface area contributed by atoms with Gasteiger partial charge in [0.05, 0.1) is 11.2 Å². The van der Waals surface area contributed by atoms with Crippen LogP contribution in [0.1, 0.15) is 0 Å². The molecule has 1 rings (SSSR count). The van der Waals surface area contributed by atoms with Gasteiger partial charge in [0.2, 0.25) is 0 Å². The Hall–Kier alpha value is -1.63. The normalized spacial score (nSPS) is 9.92. The van der Waals surface area contributed by atoms with Crippen LogP contribution in [0.4, 0.5) is 5.82 Å². The first-order chi connectivity index (χ1) is 6.00. The van der Waals surface area contributed by atoms with E-state index in [0.717, 1.165) is 10.7 Å². The number of halogens is 1. The highest BCUT2D eigenvalue weighted by molar-refractivity contribution is 6.29. The van der Waals surface area contributed by atoms with Crippen molar-refractivity contribution in [2.45, 2.75) is 6.54 Å². The van der Waals surface area contributed by atoms with Crippen molar-refractivity contribution in [3.8, 4) is 0 Å². The third-order valence-corrected chi connectivity index (χ3v) is 1.49. The quantitative estimate of drug-likeness (QED) is 0.573. The number of aromatic nitrogens is 2. The van der Waals surface area contributed by atoms with Crippen molar-refractivity contribution in [2.24, 2.45) is 0 Å². The van der Waals surface area contributed by atoms with E-state index in [4.69, 9.17) is 16.7 Å². The minimum atomic E-state index is -1.17. The molecule has 0 amide bonds. The van der Waals surface area contributed by atoms with E-state index >= 15 is 0 Å². The maximum atomic E-state index is 10.2. The summed E-state index contributed by atoms with van der Waals surface area (Å²) in [5.41, 5.74) is 0. The van der Waals surface area contributed by atoms with Gasteiger partial charge < -0.3 is 15.2 Å². The number of hydrogen-bond donors (Lipinski definition) is 1. The maximum Gasteiger partial charge on any atom is 0.391 e. The van der Waals surface area contributed by atoms with Crippen LogP contribution < -0.4 is 0 Å². The number of carboxylic acid groups (broad SMARTS) is 1. The molecule has 1 aromatic heterocycles. The molecule has 0 bridgehead atoms. The molecule has 0 spiro atoms. The summed E-state index contributed by atoms with van der Waals surface area (Å²) in [7, 11) is 0. The van der Waals surface area contributed by atoms with E-state index in [9.17, 15) is 14.9 Å². The molecule has 0 radical (unpaired) electrons. The number of rotatable bonds is 3. The van der Waals surface area contributed by atoms with Crippen LogP contribution in [0.2, 0.25) is 5.15 Å². The predicted molar refractivity (Wildman–Crippen MR) is 41.5 cm³/mol. The summed E-state index contributed by atoms with van der Waals surface area (Å²) in [5, 5.41) is 21.8. The zero-order chi connectivity index (χ0) is 10.0. The number of aliphatic carboxylic acids is 1. The smallest absolute Gasteiger partial charge is 0.391 e. The topological polar surface area (TPSA) is 98.3 Å². The summed E-state index contributed by atoms with van der Waals surface area (Å²) < 4.78 is 0.835. The van der Waals surface area contributed by atoms with Crippen molar-refractivity contribution >= 4 is 23.4 Å². The molecule has 0 fully saturated rings. The van der Waals surface area contributed by atoms with Crippen LogP contribution in [0.5, 0.6) is 0 Å². The molecule has 7 nitrogen and oxygen atoms in total. The average Bonchev–Trinajstić information content (AvgIpc) is 2.31. The van der Waals surface area contributed by atoms with Crippen LogP contribution in [0, 0.1) is 10.1 Å². The second kappa shape index (κ2) is 3.40. The van der Waals surface area contributed by atoms with E-state index < -0.39 is 23.3 Å². The number of hydrogen-bond acceptors (Lipinski definition) is 4. The Kier molecular flexibility index (Phi) is 2.47. The van der Waals surface area contributed by atoms with Crippen molar-refractivity contribution in [3.05, 3.63) is 21.3 Å². The SMILES string of the molecule is O=C(O)Cn1nc([N+](=O)[O-])cc1Cl. The molecule has 1 aromatic rings. The first-order valence-corrected chi connectivity index (χ1v) is 3.48. The number of carboxylic acids is 1. The fourth-order valence-corrected chi connectivity index (χ4v) is 0.905. The van der Waals surface area contributed by atoms with Crippen molar-refractivity contribution in [1.82, 2.24) is 9.78 Å². The van der Waals surface area contributed by atoms with Gasteiger partial charge in [0.1, 0.15) is 0 Å². The Morgan fingerprint density at radius 1 is 1.85 bits per heavy atom. The standard InChI is InChI=1S/C5H4ClN3O4/c6-3-1-4(9(12)13)7-8(3)2-5(10)11/h1H,2H2,(H,10,11). The number of carbonyl (C=O) groups is 1. The third-order valence-electron chi connectivity index (χ3n) is 1.19. The van der Waals surface area contributed by atoms with Gasteiger partial charge >= 0.3 is 11.8 Å². The lowest BCUT2D eigenvalue weighted by Crippen LogP contribution is -2.10. The fraction of sp³-hybridized carbons (Fsp3) is 0.200. The highest BCUT2D eigenvalue weighted by Crippen LogP contribution is 2.16. The zero-order valence-electron chi connectivity index (χ0n) is 6.18. The van der Waals surface area contributed by atoms with E-state index in [0.29, 0.717) is 0 Å². The molecule has 0 atom stereocenters. The molecular formula is C5H4ClN3O4. The molecule has 13 heavy (non-hydrogen) atoms. The summed E-state index contributed by atoms with van der Waals surface area (Å²) in [6.45, 7) is -0.493. The van der Waals surface area contributed by atoms with Gasteiger partial charge in [0.15, 0.2) is 11.7 Å². The number of nitrogens with zero attached hydrogens (tertiary/aromatic N) is 3. The fourth-order valence-electron chi connectivity index (χ4n) is 0.710. The van der Waals surface area contributed by atoms with E-state index in [-0.39, 0.29) is 5.15 Å². The van der Waals surface area contributed by atoms with Crippen LogP contribution in [0.25, 0.3) is 0 Å². The van der Waals surface area contributed by atoms with Gasteiger partial charge in [-0.25, -0.2) is 0 Å². The van der Waals surface area contributed by atoms with Crippen molar-refractivity contribution in [2.75, 3.05) is 0 Å². The summed E-state index contributed by atoms with van der Waals surface area (Å²) >= 11 is 5.47. The van der Waals surface area contributed by atoms with Crippen molar-refractivity contribution in [1.29, 1.82) is 0 Å². The van der Waals surface area contributed by atoms with Gasteiger partial charge in [-0.1, -0.05) is 11.6 Å². The lowest BCUT2D eigenvalue weighted by atomic mass is 10.6. The summed E-state index contributed by atoms with van der Waals surface area (Å²) in [6.07, 6.45) is 0. The molecule has 0 aliphatic heterocycles. The Morgan fingerprint density at radius 2 is 2.46 bits per heavy atom. The molecule has 1 N–H and O–H groups in total. The molecule has 0 saturated heterocycles. The third kappa shape index (κ3) is 2.15. The van der Waals surface area contributed by atoms with E-state index in [2.05, 4.69) is 5.10 Å². The lowest BCUT2D eigenvalue weighted by Gasteiger charge is -1.90. The second-order valence-corrected chi connectivity index (χ2v) is 2.52. The summed E-state index contributed by atoms with van der Waals surface area (Å²) in [4.78, 5) is 19.6. The molecule has 0 saturated carbocycles. The van der Waals surface area contributed by atoms with Crippen LogP contribution in [-0.4, -0.2) is 25.8 Å². The minimum absolute atomic E-state index is 0.0749. The summed E-state index contributed by atoms with van der Waals surface area (Å²) in [5.74, 6) is -1.63. The van der Waals surface area contributed by atoms with E-state index in [1.54, 1.807) is 0 Å². The van der Waals surface area contributed by atoms with Crippen LogP contribution in [-0.2, 0) is 11.3 Å². The lowest BCUT2D eigenvalue weighted by molar-refractivity contribution is -0.389. The van der Waals surface area contributed by atoms with Gasteiger partial charge in [-0.15, -0.1) is 0 Å². The largest absolute Gasteiger partial charge is 0.480 e. The first-order valence-electron chi connectivity index (χ1n) is 3.10. The van der Waals surface area contributed by atoms with E-state index in [1.165, 1.54) is 0 Å². The Bertz CT molecular complexity index is 361. The monoisotopic (exact) mass is 205 g/mol. The average molecular weight is 206 g/mol. The molecular weight excluding hydrogens is 202 g/mol. The first kappa shape index (κ1) is 9.46. The molecule has 0 aliphatic carbocycles. The highest BCUT2D eigenvalue weighted by Gasteiger charge is 2.17. The van der Waals surface area contributed by atoms with E-state index in [1.807, 2.05) is 0 Å². The second-order valence-electron chi connectivity index (χ2n) is 2.13. The maximum absolute atomic E-state index is 10.2. The summed E-state index contributed by atoms with van der Waals surface area (Å²) in [6, 6.07) is 0.991. The van der Waals surface area contributed by atoms with Crippen molar-refractivity contribution < 1.29 is 14.8 Å². The Morgan fingerprint density at radius 3 is 2.85 bits per heavy atom. The molecule has 70 valence electrons. The van der Waals surface area contributed by atoms with Crippen LogP contribution in [0.15, 0.2) is 6.07 Å². The van der Waals surface area contributed by atoms with Gasteiger partial charge in [0.25, 0.3) is 0 Å². The molecule has 0 aliphatic rings. The minimum Gasteiger partial charge on any atom is -0.480 e. The molecule has 0 unspecified atom stereocenters. The molecule has 1 heterocycles. The Balaban J connectivity index is 2.96. The van der Waals surface area contributed by atoms with Gasteiger partial charge in [-0.05, 0) is 4.92 Å². The van der Waals surface area contributed by atoms with Crippen LogP contribution in [0.3, 0.4) is 0 Å². The highest BCUT2D eigenvalue weighted by atomic mass is 35.5. The zero-order valence-corrected chi connectivity index (χ0v) is 6.93. The molecule has 8 heteroatoms. The predicted octanol–water partition coefficient (Wildman–Crippen LogP) is 0.529. The van der Waals surface area contributed by atoms with Crippen LogP contribution >= 0.6 is 11.6 Å². The molecule has 0 aromatic carbocycles. The Labute approximate surface area is 76.7 Å². The van der Waals surface area contributed by atoms with Gasteiger partial charge in [-0.2, -0.15) is 4.68 Å². The van der Waals surface area contributed by atoms with Gasteiger partial charge in [-0.3, -0.25) is 4.79 Å². The van der Waals surface area contributed by atoms with Gasteiger partial charge in [0, 0.05) is 0 Å².